The summed E-state index contributed by atoms with van der Waals surface area (Å²) in [5, 5.41) is 7.76. The van der Waals surface area contributed by atoms with Gasteiger partial charge in [-0.2, -0.15) is 22.8 Å². The molecule has 25 heavy (non-hydrogen) atoms. The lowest BCUT2D eigenvalue weighted by Gasteiger charge is -2.11. The van der Waals surface area contributed by atoms with Crippen LogP contribution in [0.4, 0.5) is 24.7 Å². The first-order chi connectivity index (χ1) is 11.9. The van der Waals surface area contributed by atoms with Gasteiger partial charge in [-0.25, -0.2) is 4.98 Å². The van der Waals surface area contributed by atoms with E-state index in [4.69, 9.17) is 11.6 Å². The molecule has 2 heterocycles. The Balaban J connectivity index is 1.68. The van der Waals surface area contributed by atoms with Gasteiger partial charge >= 0.3 is 6.18 Å². The van der Waals surface area contributed by atoms with Gasteiger partial charge in [-0.15, -0.1) is 0 Å². The number of nitrogens with zero attached hydrogens (tertiary/aromatic N) is 3. The fourth-order valence-electron chi connectivity index (χ4n) is 2.86. The maximum atomic E-state index is 12.6. The van der Waals surface area contributed by atoms with Crippen molar-refractivity contribution in [2.45, 2.75) is 31.4 Å². The molecule has 0 atom stereocenters. The molecule has 1 N–H and O–H groups in total. The average Bonchev–Trinajstić information content (AvgIpc) is 3.26. The molecule has 2 aromatic heterocycles. The third-order valence-electron chi connectivity index (χ3n) is 4.09. The fraction of sp³-hybridized carbons (Fsp3) is 0.294. The van der Waals surface area contributed by atoms with Crippen molar-refractivity contribution in [1.29, 1.82) is 0 Å². The standard InChI is InChI=1S/C17H14ClF3N4/c18-14-7-15(25-16(24-14)13(9-22-25)11-4-5-11)23-12-3-1-2-10(6-12)8-17(19,20)21/h1-3,6-7,9,11,23H,4-5,8H2. The molecule has 0 bridgehead atoms. The van der Waals surface area contributed by atoms with Crippen LogP contribution in [-0.4, -0.2) is 20.8 Å². The van der Waals surface area contributed by atoms with Crippen molar-refractivity contribution in [3.8, 4) is 0 Å². The van der Waals surface area contributed by atoms with Crippen LogP contribution in [0.3, 0.4) is 0 Å². The quantitative estimate of drug-likeness (QED) is 0.652. The van der Waals surface area contributed by atoms with Gasteiger partial charge in [-0.3, -0.25) is 0 Å². The summed E-state index contributed by atoms with van der Waals surface area (Å²) in [4.78, 5) is 4.34. The Morgan fingerprint density at radius 1 is 1.24 bits per heavy atom. The van der Waals surface area contributed by atoms with Gasteiger partial charge < -0.3 is 5.32 Å². The van der Waals surface area contributed by atoms with Crippen LogP contribution in [0.1, 0.15) is 29.9 Å². The van der Waals surface area contributed by atoms with Crippen LogP contribution in [0, 0.1) is 0 Å². The Bertz CT molecular complexity index is 931. The number of alkyl halides is 3. The second-order valence-corrected chi connectivity index (χ2v) is 6.58. The van der Waals surface area contributed by atoms with Crippen LogP contribution in [0.2, 0.25) is 5.15 Å². The maximum absolute atomic E-state index is 12.6. The summed E-state index contributed by atoms with van der Waals surface area (Å²) in [5.74, 6) is 1.03. The molecule has 4 nitrogen and oxygen atoms in total. The summed E-state index contributed by atoms with van der Waals surface area (Å²) >= 11 is 6.12. The molecule has 0 spiro atoms. The first-order valence-electron chi connectivity index (χ1n) is 7.86. The molecule has 0 amide bonds. The summed E-state index contributed by atoms with van der Waals surface area (Å²) in [6.07, 6.45) is -1.22. The molecule has 1 aliphatic carbocycles. The number of aromatic nitrogens is 3. The Labute approximate surface area is 146 Å². The predicted octanol–water partition coefficient (Wildman–Crippen LogP) is 5.11. The number of anilines is 2. The summed E-state index contributed by atoms with van der Waals surface area (Å²) in [5.41, 5.74) is 2.46. The second-order valence-electron chi connectivity index (χ2n) is 6.19. The van der Waals surface area contributed by atoms with Crippen LogP contribution in [0.25, 0.3) is 5.65 Å². The molecule has 1 aromatic carbocycles. The van der Waals surface area contributed by atoms with E-state index < -0.39 is 12.6 Å². The molecular weight excluding hydrogens is 353 g/mol. The molecule has 0 saturated heterocycles. The number of hydrogen-bond acceptors (Lipinski definition) is 3. The van der Waals surface area contributed by atoms with E-state index in [-0.39, 0.29) is 5.56 Å². The summed E-state index contributed by atoms with van der Waals surface area (Å²) in [7, 11) is 0. The zero-order valence-electron chi connectivity index (χ0n) is 13.0. The minimum atomic E-state index is -4.24. The Kier molecular flexibility index (Phi) is 3.83. The lowest BCUT2D eigenvalue weighted by atomic mass is 10.1. The number of halogens is 4. The summed E-state index contributed by atoms with van der Waals surface area (Å²) < 4.78 is 39.4. The Morgan fingerprint density at radius 2 is 2.04 bits per heavy atom. The van der Waals surface area contributed by atoms with Gasteiger partial charge in [-0.05, 0) is 36.5 Å². The van der Waals surface area contributed by atoms with Crippen LogP contribution < -0.4 is 5.32 Å². The zero-order valence-corrected chi connectivity index (χ0v) is 13.8. The predicted molar refractivity (Wildman–Crippen MR) is 89.5 cm³/mol. The molecular formula is C17H14ClF3N4. The lowest BCUT2D eigenvalue weighted by Crippen LogP contribution is -2.11. The van der Waals surface area contributed by atoms with E-state index in [0.29, 0.717) is 28.2 Å². The third kappa shape index (κ3) is 3.56. The van der Waals surface area contributed by atoms with E-state index in [2.05, 4.69) is 15.4 Å². The van der Waals surface area contributed by atoms with E-state index >= 15 is 0 Å². The monoisotopic (exact) mass is 366 g/mol. The number of fused-ring (bicyclic) bond motifs is 1. The topological polar surface area (TPSA) is 42.2 Å². The third-order valence-corrected chi connectivity index (χ3v) is 4.28. The minimum Gasteiger partial charge on any atom is -0.340 e. The van der Waals surface area contributed by atoms with E-state index in [1.54, 1.807) is 28.9 Å². The molecule has 8 heteroatoms. The first kappa shape index (κ1) is 16.2. The lowest BCUT2D eigenvalue weighted by molar-refractivity contribution is -0.127. The van der Waals surface area contributed by atoms with Crippen molar-refractivity contribution in [3.05, 3.63) is 52.8 Å². The largest absolute Gasteiger partial charge is 0.393 e. The number of rotatable bonds is 4. The van der Waals surface area contributed by atoms with Gasteiger partial charge in [-0.1, -0.05) is 23.7 Å². The Hall–Kier alpha value is -2.28. The molecule has 0 aliphatic heterocycles. The maximum Gasteiger partial charge on any atom is 0.393 e. The molecule has 1 saturated carbocycles. The van der Waals surface area contributed by atoms with E-state index in [1.165, 1.54) is 12.1 Å². The summed E-state index contributed by atoms with van der Waals surface area (Å²) in [6, 6.07) is 7.81. The number of nitrogens with one attached hydrogen (secondary N) is 1. The van der Waals surface area contributed by atoms with E-state index in [0.717, 1.165) is 18.4 Å². The number of hydrogen-bond donors (Lipinski definition) is 1. The van der Waals surface area contributed by atoms with E-state index in [9.17, 15) is 13.2 Å². The van der Waals surface area contributed by atoms with Crippen molar-refractivity contribution in [3.63, 3.8) is 0 Å². The molecule has 3 aromatic rings. The van der Waals surface area contributed by atoms with Crippen LogP contribution in [0.5, 0.6) is 0 Å². The average molecular weight is 367 g/mol. The van der Waals surface area contributed by atoms with Crippen LogP contribution >= 0.6 is 11.6 Å². The molecule has 130 valence electrons. The zero-order chi connectivity index (χ0) is 17.6. The van der Waals surface area contributed by atoms with Crippen LogP contribution in [0.15, 0.2) is 36.5 Å². The molecule has 1 fully saturated rings. The SMILES string of the molecule is FC(F)(F)Cc1cccc(Nc2cc(Cl)nc3c(C4CC4)cnn23)c1. The smallest absolute Gasteiger partial charge is 0.340 e. The molecule has 0 unspecified atom stereocenters. The van der Waals surface area contributed by atoms with Crippen molar-refractivity contribution in [2.75, 3.05) is 5.32 Å². The fourth-order valence-corrected chi connectivity index (χ4v) is 3.04. The van der Waals surface area contributed by atoms with Gasteiger partial charge in [0.1, 0.15) is 11.0 Å². The highest BCUT2D eigenvalue weighted by molar-refractivity contribution is 6.29. The van der Waals surface area contributed by atoms with Crippen molar-refractivity contribution in [1.82, 2.24) is 14.6 Å². The minimum absolute atomic E-state index is 0.188. The Morgan fingerprint density at radius 3 is 2.76 bits per heavy atom. The normalized spacial score (nSPS) is 14.9. The number of benzene rings is 1. The van der Waals surface area contributed by atoms with Gasteiger partial charge in [0, 0.05) is 17.3 Å². The van der Waals surface area contributed by atoms with Gasteiger partial charge in [0.05, 0.1) is 12.6 Å². The van der Waals surface area contributed by atoms with Gasteiger partial charge in [0.15, 0.2) is 5.65 Å². The van der Waals surface area contributed by atoms with Crippen molar-refractivity contribution >= 4 is 28.8 Å². The molecule has 0 radical (unpaired) electrons. The highest BCUT2D eigenvalue weighted by atomic mass is 35.5. The highest BCUT2D eigenvalue weighted by Crippen LogP contribution is 2.42. The van der Waals surface area contributed by atoms with Crippen molar-refractivity contribution < 1.29 is 13.2 Å². The first-order valence-corrected chi connectivity index (χ1v) is 8.24. The summed E-state index contributed by atoms with van der Waals surface area (Å²) in [6.45, 7) is 0. The second kappa shape index (κ2) is 5.91. The van der Waals surface area contributed by atoms with E-state index in [1.807, 2.05) is 0 Å². The van der Waals surface area contributed by atoms with Crippen molar-refractivity contribution in [2.24, 2.45) is 0 Å². The van der Waals surface area contributed by atoms with Crippen LogP contribution in [-0.2, 0) is 6.42 Å². The molecule has 1 aliphatic rings. The van der Waals surface area contributed by atoms with Gasteiger partial charge in [0.25, 0.3) is 0 Å². The van der Waals surface area contributed by atoms with Gasteiger partial charge in [0.2, 0.25) is 0 Å². The molecule has 4 rings (SSSR count). The highest BCUT2D eigenvalue weighted by Gasteiger charge is 2.29.